The maximum Gasteiger partial charge on any atom is 0.405 e. The van der Waals surface area contributed by atoms with Gasteiger partial charge in [0, 0.05) is 13.1 Å². The van der Waals surface area contributed by atoms with E-state index < -0.39 is 18.8 Å². The summed E-state index contributed by atoms with van der Waals surface area (Å²) in [5.41, 5.74) is 0.354. The Morgan fingerprint density at radius 3 is 2.55 bits per heavy atom. The molecule has 2 N–H and O–H groups in total. The van der Waals surface area contributed by atoms with Gasteiger partial charge in [0.1, 0.15) is 12.4 Å². The van der Waals surface area contributed by atoms with Crippen molar-refractivity contribution in [3.05, 3.63) is 18.3 Å². The zero-order valence-electron chi connectivity index (χ0n) is 10.7. The van der Waals surface area contributed by atoms with Crippen molar-refractivity contribution >= 4 is 17.5 Å². The molecule has 2 heterocycles. The SMILES string of the molecule is O=C(NCC(F)(F)F)Nc1ccc(N2CCCC2)nc1. The number of amides is 2. The second-order valence-corrected chi connectivity index (χ2v) is 4.52. The van der Waals surface area contributed by atoms with Crippen LogP contribution in [0, 0.1) is 0 Å². The van der Waals surface area contributed by atoms with Gasteiger partial charge in [0.25, 0.3) is 0 Å². The van der Waals surface area contributed by atoms with Crippen molar-refractivity contribution in [1.29, 1.82) is 0 Å². The largest absolute Gasteiger partial charge is 0.405 e. The number of hydrogen-bond acceptors (Lipinski definition) is 3. The van der Waals surface area contributed by atoms with Gasteiger partial charge in [0.2, 0.25) is 0 Å². The van der Waals surface area contributed by atoms with E-state index in [0.717, 1.165) is 31.7 Å². The van der Waals surface area contributed by atoms with Crippen molar-refractivity contribution in [2.45, 2.75) is 19.0 Å². The molecule has 0 spiro atoms. The van der Waals surface area contributed by atoms with Crippen molar-refractivity contribution in [2.24, 2.45) is 0 Å². The van der Waals surface area contributed by atoms with Crippen LogP contribution in [0.4, 0.5) is 29.5 Å². The monoisotopic (exact) mass is 288 g/mol. The Morgan fingerprint density at radius 2 is 2.00 bits per heavy atom. The Balaban J connectivity index is 1.85. The summed E-state index contributed by atoms with van der Waals surface area (Å²) in [4.78, 5) is 17.5. The molecule has 0 unspecified atom stereocenters. The van der Waals surface area contributed by atoms with Crippen LogP contribution in [0.1, 0.15) is 12.8 Å². The third-order valence-electron chi connectivity index (χ3n) is 2.89. The highest BCUT2D eigenvalue weighted by Gasteiger charge is 2.27. The number of pyridine rings is 1. The van der Waals surface area contributed by atoms with Gasteiger partial charge < -0.3 is 15.5 Å². The minimum atomic E-state index is -4.42. The van der Waals surface area contributed by atoms with Gasteiger partial charge in [-0.15, -0.1) is 0 Å². The van der Waals surface area contributed by atoms with Gasteiger partial charge >= 0.3 is 12.2 Å². The summed E-state index contributed by atoms with van der Waals surface area (Å²) in [5.74, 6) is 0.809. The summed E-state index contributed by atoms with van der Waals surface area (Å²) < 4.78 is 35.8. The lowest BCUT2D eigenvalue weighted by atomic mass is 10.4. The molecule has 1 aliphatic rings. The predicted octanol–water partition coefficient (Wildman–Crippen LogP) is 2.37. The Hall–Kier alpha value is -1.99. The van der Waals surface area contributed by atoms with Crippen molar-refractivity contribution in [3.8, 4) is 0 Å². The molecule has 1 aromatic heterocycles. The normalized spacial score (nSPS) is 15.2. The molecule has 110 valence electrons. The fourth-order valence-electron chi connectivity index (χ4n) is 1.95. The van der Waals surface area contributed by atoms with E-state index in [1.54, 1.807) is 17.4 Å². The Bertz CT molecular complexity index is 455. The van der Waals surface area contributed by atoms with E-state index in [-0.39, 0.29) is 0 Å². The Labute approximate surface area is 114 Å². The second-order valence-electron chi connectivity index (χ2n) is 4.52. The van der Waals surface area contributed by atoms with Crippen LogP contribution in [0.5, 0.6) is 0 Å². The summed E-state index contributed by atoms with van der Waals surface area (Å²) in [7, 11) is 0. The summed E-state index contributed by atoms with van der Waals surface area (Å²) in [6.07, 6.45) is -0.737. The van der Waals surface area contributed by atoms with E-state index in [1.165, 1.54) is 6.20 Å². The van der Waals surface area contributed by atoms with Gasteiger partial charge in [0.15, 0.2) is 0 Å². The van der Waals surface area contributed by atoms with Gasteiger partial charge in [-0.25, -0.2) is 9.78 Å². The number of carbonyl (C=O) groups excluding carboxylic acids is 1. The average molecular weight is 288 g/mol. The molecule has 0 aromatic carbocycles. The zero-order valence-corrected chi connectivity index (χ0v) is 10.7. The van der Waals surface area contributed by atoms with Gasteiger partial charge in [-0.2, -0.15) is 13.2 Å². The molecule has 8 heteroatoms. The average Bonchev–Trinajstić information content (AvgIpc) is 2.90. The number of hydrogen-bond donors (Lipinski definition) is 2. The molecule has 0 aliphatic carbocycles. The molecular weight excluding hydrogens is 273 g/mol. The third kappa shape index (κ3) is 4.29. The van der Waals surface area contributed by atoms with Crippen LogP contribution in [0.3, 0.4) is 0 Å². The number of nitrogens with one attached hydrogen (secondary N) is 2. The van der Waals surface area contributed by atoms with E-state index in [1.807, 2.05) is 0 Å². The molecule has 0 bridgehead atoms. The maximum atomic E-state index is 11.9. The molecule has 20 heavy (non-hydrogen) atoms. The quantitative estimate of drug-likeness (QED) is 0.897. The van der Waals surface area contributed by atoms with E-state index in [4.69, 9.17) is 0 Å². The maximum absolute atomic E-state index is 11.9. The van der Waals surface area contributed by atoms with Crippen LogP contribution in [-0.4, -0.2) is 36.8 Å². The molecule has 1 fully saturated rings. The lowest BCUT2D eigenvalue weighted by Gasteiger charge is -2.16. The van der Waals surface area contributed by atoms with Crippen LogP contribution >= 0.6 is 0 Å². The highest BCUT2D eigenvalue weighted by molar-refractivity contribution is 5.89. The van der Waals surface area contributed by atoms with E-state index in [0.29, 0.717) is 5.69 Å². The van der Waals surface area contributed by atoms with Gasteiger partial charge in [-0.1, -0.05) is 0 Å². The molecule has 2 rings (SSSR count). The molecule has 1 saturated heterocycles. The second kappa shape index (κ2) is 5.98. The van der Waals surface area contributed by atoms with E-state index >= 15 is 0 Å². The lowest BCUT2D eigenvalue weighted by Crippen LogP contribution is -2.36. The van der Waals surface area contributed by atoms with Crippen molar-refractivity contribution in [3.63, 3.8) is 0 Å². The summed E-state index contributed by atoms with van der Waals surface area (Å²) in [6, 6.07) is 2.46. The summed E-state index contributed by atoms with van der Waals surface area (Å²) >= 11 is 0. The predicted molar refractivity (Wildman–Crippen MR) is 68.8 cm³/mol. The number of rotatable bonds is 3. The van der Waals surface area contributed by atoms with Crippen molar-refractivity contribution in [1.82, 2.24) is 10.3 Å². The summed E-state index contributed by atoms with van der Waals surface area (Å²) in [5, 5.41) is 4.03. The molecule has 1 aliphatic heterocycles. The van der Waals surface area contributed by atoms with Crippen LogP contribution in [0.2, 0.25) is 0 Å². The molecular formula is C12H15F3N4O. The molecule has 1 aromatic rings. The molecule has 0 radical (unpaired) electrons. The number of halogens is 3. The van der Waals surface area contributed by atoms with Crippen LogP contribution in [0.15, 0.2) is 18.3 Å². The lowest BCUT2D eigenvalue weighted by molar-refractivity contribution is -0.122. The fourth-order valence-corrected chi connectivity index (χ4v) is 1.95. The highest BCUT2D eigenvalue weighted by Crippen LogP contribution is 2.19. The number of carbonyl (C=O) groups is 1. The van der Waals surface area contributed by atoms with Crippen molar-refractivity contribution < 1.29 is 18.0 Å². The number of urea groups is 1. The molecule has 2 amide bonds. The van der Waals surface area contributed by atoms with Crippen LogP contribution < -0.4 is 15.5 Å². The fraction of sp³-hybridized carbons (Fsp3) is 0.500. The molecule has 0 saturated carbocycles. The third-order valence-corrected chi connectivity index (χ3v) is 2.89. The van der Waals surface area contributed by atoms with E-state index in [2.05, 4.69) is 15.2 Å². The number of nitrogens with zero attached hydrogens (tertiary/aromatic N) is 2. The molecule has 0 atom stereocenters. The first-order valence-electron chi connectivity index (χ1n) is 6.27. The topological polar surface area (TPSA) is 57.3 Å². The first-order valence-corrected chi connectivity index (χ1v) is 6.27. The minimum absolute atomic E-state index is 0.354. The van der Waals surface area contributed by atoms with E-state index in [9.17, 15) is 18.0 Å². The Morgan fingerprint density at radius 1 is 1.30 bits per heavy atom. The Kier molecular flexibility index (Phi) is 4.31. The number of anilines is 2. The standard InChI is InChI=1S/C12H15F3N4O/c13-12(14,15)8-17-11(20)18-9-3-4-10(16-7-9)19-5-1-2-6-19/h3-4,7H,1-2,5-6,8H2,(H2,17,18,20). The van der Waals surface area contributed by atoms with Gasteiger partial charge in [-0.05, 0) is 25.0 Å². The van der Waals surface area contributed by atoms with Gasteiger partial charge in [-0.3, -0.25) is 0 Å². The smallest absolute Gasteiger partial charge is 0.357 e. The number of aromatic nitrogens is 1. The summed E-state index contributed by atoms with van der Waals surface area (Å²) in [6.45, 7) is 0.538. The van der Waals surface area contributed by atoms with Crippen molar-refractivity contribution in [2.75, 3.05) is 29.9 Å². The number of alkyl halides is 3. The molecule has 5 nitrogen and oxygen atoms in total. The minimum Gasteiger partial charge on any atom is -0.357 e. The first-order chi connectivity index (χ1) is 9.44. The van der Waals surface area contributed by atoms with Crippen LogP contribution in [0.25, 0.3) is 0 Å². The van der Waals surface area contributed by atoms with Crippen LogP contribution in [-0.2, 0) is 0 Å². The highest BCUT2D eigenvalue weighted by atomic mass is 19.4. The van der Waals surface area contributed by atoms with Gasteiger partial charge in [0.05, 0.1) is 11.9 Å². The zero-order chi connectivity index (χ0) is 14.6. The first kappa shape index (κ1) is 14.4.